The highest BCUT2D eigenvalue weighted by Gasteiger charge is 2.16. The van der Waals surface area contributed by atoms with Gasteiger partial charge in [-0.25, -0.2) is 4.79 Å². The van der Waals surface area contributed by atoms with Gasteiger partial charge in [-0.1, -0.05) is 0 Å². The molecule has 0 saturated heterocycles. The van der Waals surface area contributed by atoms with Crippen LogP contribution in [0.25, 0.3) is 0 Å². The van der Waals surface area contributed by atoms with E-state index in [9.17, 15) is 4.79 Å². The number of amidine groups is 1. The summed E-state index contributed by atoms with van der Waals surface area (Å²) in [5.41, 5.74) is 5.11. The summed E-state index contributed by atoms with van der Waals surface area (Å²) in [6.45, 7) is 0.161. The summed E-state index contributed by atoms with van der Waals surface area (Å²) in [6.07, 6.45) is -0.817. The second-order valence-electron chi connectivity index (χ2n) is 1.74. The zero-order chi connectivity index (χ0) is 6.85. The van der Waals surface area contributed by atoms with E-state index in [2.05, 4.69) is 10.3 Å². The molecule has 1 aliphatic rings. The van der Waals surface area contributed by atoms with Crippen molar-refractivity contribution in [2.24, 2.45) is 10.7 Å². The molecule has 0 aromatic heterocycles. The first-order valence-corrected chi connectivity index (χ1v) is 2.50. The van der Waals surface area contributed by atoms with Crippen LogP contribution in [0.1, 0.15) is 0 Å². The lowest BCUT2D eigenvalue weighted by molar-refractivity contribution is 0.215. The number of β-amino-alcohol motifs (C(OH)–C–C–N with tert-alkyl or cyclic N) is 1. The number of nitrogens with one attached hydrogen (secondary N) is 1. The van der Waals surface area contributed by atoms with E-state index in [0.717, 1.165) is 0 Å². The Morgan fingerprint density at radius 1 is 1.89 bits per heavy atom. The second-order valence-corrected chi connectivity index (χ2v) is 1.74. The van der Waals surface area contributed by atoms with Crippen molar-refractivity contribution in [3.05, 3.63) is 0 Å². The van der Waals surface area contributed by atoms with E-state index in [-0.39, 0.29) is 12.4 Å². The highest BCUT2D eigenvalue weighted by Crippen LogP contribution is 1.89. The lowest BCUT2D eigenvalue weighted by atomic mass is 10.3. The number of aliphatic imine (C=N–C) groups is 1. The smallest absolute Gasteiger partial charge is 0.342 e. The number of carbonyl (C=O) groups excluding carboxylic acids is 1. The molecule has 0 saturated carbocycles. The molecular weight excluding hydrogens is 122 g/mol. The minimum Gasteiger partial charge on any atom is -0.385 e. The number of nitrogens with zero attached hydrogens (tertiary/aromatic N) is 1. The number of rotatable bonds is 0. The molecule has 5 heteroatoms. The fourth-order valence-corrected chi connectivity index (χ4v) is 0.520. The van der Waals surface area contributed by atoms with Crippen LogP contribution in [0.4, 0.5) is 4.79 Å². The van der Waals surface area contributed by atoms with E-state index in [4.69, 9.17) is 10.8 Å². The summed E-state index contributed by atoms with van der Waals surface area (Å²) in [5.74, 6) is -0.0150. The van der Waals surface area contributed by atoms with Crippen LogP contribution in [-0.4, -0.2) is 29.6 Å². The number of aliphatic hydroxyl groups is 1. The molecule has 1 heterocycles. The van der Waals surface area contributed by atoms with Crippen LogP contribution >= 0.6 is 0 Å². The maximum absolute atomic E-state index is 10.3. The molecule has 0 aromatic carbocycles. The molecule has 2 amide bonds. The van der Waals surface area contributed by atoms with Crippen LogP contribution < -0.4 is 11.1 Å². The Hall–Kier alpha value is -1.10. The lowest BCUT2D eigenvalue weighted by Gasteiger charge is -2.14. The van der Waals surface area contributed by atoms with E-state index < -0.39 is 12.1 Å². The Balaban J connectivity index is 2.72. The van der Waals surface area contributed by atoms with Crippen LogP contribution in [0, 0.1) is 0 Å². The third-order valence-corrected chi connectivity index (χ3v) is 1.02. The van der Waals surface area contributed by atoms with Crippen LogP contribution in [0.2, 0.25) is 0 Å². The van der Waals surface area contributed by atoms with Gasteiger partial charge in [0.05, 0.1) is 6.54 Å². The van der Waals surface area contributed by atoms with Gasteiger partial charge in [0.25, 0.3) is 0 Å². The molecule has 4 N–H and O–H groups in total. The number of urea groups is 1. The van der Waals surface area contributed by atoms with Gasteiger partial charge in [0.2, 0.25) is 0 Å². The van der Waals surface area contributed by atoms with E-state index >= 15 is 0 Å². The highest BCUT2D eigenvalue weighted by atomic mass is 16.3. The van der Waals surface area contributed by atoms with Crippen molar-refractivity contribution in [3.8, 4) is 0 Å². The normalized spacial score (nSPS) is 27.0. The van der Waals surface area contributed by atoms with Crippen LogP contribution in [0.15, 0.2) is 4.99 Å². The van der Waals surface area contributed by atoms with Gasteiger partial charge in [0, 0.05) is 0 Å². The molecule has 9 heavy (non-hydrogen) atoms. The molecule has 50 valence electrons. The number of amides is 2. The summed E-state index contributed by atoms with van der Waals surface area (Å²) >= 11 is 0. The molecule has 0 spiro atoms. The first-order chi connectivity index (χ1) is 4.20. The minimum absolute atomic E-state index is 0.0150. The first-order valence-electron chi connectivity index (χ1n) is 2.50. The average Bonchev–Trinajstić information content (AvgIpc) is 1.80. The zero-order valence-electron chi connectivity index (χ0n) is 4.66. The van der Waals surface area contributed by atoms with Gasteiger partial charge in [0.1, 0.15) is 11.9 Å². The maximum atomic E-state index is 10.3. The van der Waals surface area contributed by atoms with Crippen molar-refractivity contribution in [1.82, 2.24) is 5.32 Å². The fraction of sp³-hybridized carbons (Fsp3) is 0.500. The molecule has 0 aliphatic carbocycles. The van der Waals surface area contributed by atoms with Gasteiger partial charge in [-0.3, -0.25) is 0 Å². The molecule has 0 aromatic rings. The predicted octanol–water partition coefficient (Wildman–Crippen LogP) is -1.57. The van der Waals surface area contributed by atoms with E-state index in [1.807, 2.05) is 0 Å². The van der Waals surface area contributed by atoms with Crippen molar-refractivity contribution >= 4 is 11.9 Å². The lowest BCUT2D eigenvalue weighted by Crippen LogP contribution is -2.44. The summed E-state index contributed by atoms with van der Waals surface area (Å²) in [4.78, 5) is 13.6. The van der Waals surface area contributed by atoms with E-state index in [1.54, 1.807) is 0 Å². The van der Waals surface area contributed by atoms with Crippen molar-refractivity contribution < 1.29 is 9.90 Å². The Kier molecular flexibility index (Phi) is 1.35. The van der Waals surface area contributed by atoms with Gasteiger partial charge in [-0.15, -0.1) is 0 Å². The molecule has 1 atom stereocenters. The first kappa shape index (κ1) is 6.03. The largest absolute Gasteiger partial charge is 0.385 e. The third-order valence-electron chi connectivity index (χ3n) is 1.02. The van der Waals surface area contributed by atoms with Gasteiger partial charge < -0.3 is 16.2 Å². The number of nitrogens with two attached hydrogens (primary N) is 1. The Morgan fingerprint density at radius 2 is 2.56 bits per heavy atom. The molecule has 5 nitrogen and oxygen atoms in total. The number of carbonyl (C=O) groups is 1. The summed E-state index contributed by atoms with van der Waals surface area (Å²) in [7, 11) is 0. The van der Waals surface area contributed by atoms with Gasteiger partial charge in [-0.05, 0) is 0 Å². The van der Waals surface area contributed by atoms with E-state index in [0.29, 0.717) is 0 Å². The number of hydrogen-bond donors (Lipinski definition) is 3. The number of aliphatic hydroxyl groups excluding tert-OH is 1. The highest BCUT2D eigenvalue weighted by molar-refractivity contribution is 5.97. The summed E-state index contributed by atoms with van der Waals surface area (Å²) in [6, 6.07) is -0.488. The Labute approximate surface area is 51.6 Å². The number of hydrogen-bond acceptors (Lipinski definition) is 3. The summed E-state index contributed by atoms with van der Waals surface area (Å²) in [5, 5.41) is 11.1. The van der Waals surface area contributed by atoms with Crippen LogP contribution in [-0.2, 0) is 0 Å². The molecule has 1 aliphatic heterocycles. The topological polar surface area (TPSA) is 87.7 Å². The van der Waals surface area contributed by atoms with Gasteiger partial charge >= 0.3 is 6.03 Å². The molecule has 1 unspecified atom stereocenters. The van der Waals surface area contributed by atoms with E-state index in [1.165, 1.54) is 0 Å². The molecular formula is C4H7N3O2. The Morgan fingerprint density at radius 3 is 3.00 bits per heavy atom. The standard InChI is InChI=1S/C4H7N3O2/c5-3-2(8)1-6-4(9)7-3/h2,8H,1H2,(H3,5,6,7,9). The van der Waals surface area contributed by atoms with Crippen molar-refractivity contribution in [1.29, 1.82) is 0 Å². The Bertz CT molecular complexity index is 165. The van der Waals surface area contributed by atoms with Crippen LogP contribution in [0.3, 0.4) is 0 Å². The molecule has 0 radical (unpaired) electrons. The average molecular weight is 129 g/mol. The van der Waals surface area contributed by atoms with Crippen LogP contribution in [0.5, 0.6) is 0 Å². The SMILES string of the molecule is NC1=NC(=O)NCC1O. The quantitative estimate of drug-likeness (QED) is 0.369. The van der Waals surface area contributed by atoms with Gasteiger partial charge in [-0.2, -0.15) is 4.99 Å². The van der Waals surface area contributed by atoms with Crippen molar-refractivity contribution in [2.45, 2.75) is 6.10 Å². The predicted molar refractivity (Wildman–Crippen MR) is 31.0 cm³/mol. The monoisotopic (exact) mass is 129 g/mol. The van der Waals surface area contributed by atoms with Crippen molar-refractivity contribution in [3.63, 3.8) is 0 Å². The minimum atomic E-state index is -0.817. The fourth-order valence-electron chi connectivity index (χ4n) is 0.520. The molecule has 0 bridgehead atoms. The van der Waals surface area contributed by atoms with Gasteiger partial charge in [0.15, 0.2) is 0 Å². The molecule has 0 fully saturated rings. The summed E-state index contributed by atoms with van der Waals surface area (Å²) < 4.78 is 0. The maximum Gasteiger partial charge on any atom is 0.342 e. The zero-order valence-corrected chi connectivity index (χ0v) is 4.66. The second kappa shape index (κ2) is 2.02. The van der Waals surface area contributed by atoms with Crippen molar-refractivity contribution in [2.75, 3.05) is 6.54 Å². The third kappa shape index (κ3) is 1.17. The molecule has 1 rings (SSSR count).